The summed E-state index contributed by atoms with van der Waals surface area (Å²) < 4.78 is 0. The fraction of sp³-hybridized carbons (Fsp3) is 0.714. The van der Waals surface area contributed by atoms with Crippen LogP contribution in [0.1, 0.15) is 38.7 Å². The Bertz CT molecular complexity index is 353. The van der Waals surface area contributed by atoms with Gasteiger partial charge in [-0.15, -0.1) is 0 Å². The van der Waals surface area contributed by atoms with Crippen molar-refractivity contribution in [3.63, 3.8) is 0 Å². The van der Waals surface area contributed by atoms with Crippen molar-refractivity contribution in [2.24, 2.45) is 11.7 Å². The Morgan fingerprint density at radius 1 is 1.33 bits per heavy atom. The fourth-order valence-corrected chi connectivity index (χ4v) is 2.53. The number of aromatic nitrogens is 2. The summed E-state index contributed by atoms with van der Waals surface area (Å²) in [4.78, 5) is 11.2. The number of rotatable bonds is 4. The lowest BCUT2D eigenvalue weighted by atomic mass is 9.95. The molecule has 1 unspecified atom stereocenters. The fourth-order valence-electron chi connectivity index (χ4n) is 2.53. The third kappa shape index (κ3) is 3.42. The van der Waals surface area contributed by atoms with E-state index < -0.39 is 0 Å². The van der Waals surface area contributed by atoms with Crippen LogP contribution < -0.4 is 10.6 Å². The summed E-state index contributed by atoms with van der Waals surface area (Å²) in [5.74, 6) is 1.76. The Morgan fingerprint density at radius 2 is 1.94 bits per heavy atom. The Balaban J connectivity index is 1.93. The van der Waals surface area contributed by atoms with Crippen LogP contribution in [0.25, 0.3) is 0 Å². The first-order chi connectivity index (χ1) is 8.69. The average molecular weight is 248 g/mol. The van der Waals surface area contributed by atoms with Crippen LogP contribution in [0.15, 0.2) is 12.4 Å². The van der Waals surface area contributed by atoms with Crippen LogP contribution >= 0.6 is 0 Å². The van der Waals surface area contributed by atoms with Gasteiger partial charge < -0.3 is 10.6 Å². The third-order valence-corrected chi connectivity index (χ3v) is 3.72. The zero-order valence-corrected chi connectivity index (χ0v) is 11.5. The molecule has 0 radical (unpaired) electrons. The monoisotopic (exact) mass is 248 g/mol. The van der Waals surface area contributed by atoms with E-state index in [1.807, 2.05) is 19.3 Å². The van der Waals surface area contributed by atoms with Crippen LogP contribution in [-0.2, 0) is 6.42 Å². The second kappa shape index (κ2) is 6.14. The van der Waals surface area contributed by atoms with Gasteiger partial charge in [0.2, 0.25) is 5.95 Å². The molecule has 2 heterocycles. The molecule has 0 saturated carbocycles. The lowest BCUT2D eigenvalue weighted by Crippen LogP contribution is -2.34. The molecule has 2 N–H and O–H groups in total. The van der Waals surface area contributed by atoms with Gasteiger partial charge in [0.05, 0.1) is 0 Å². The van der Waals surface area contributed by atoms with E-state index in [1.54, 1.807) is 0 Å². The normalized spacial score (nSPS) is 18.9. The van der Waals surface area contributed by atoms with Crippen LogP contribution in [-0.4, -0.2) is 29.1 Å². The van der Waals surface area contributed by atoms with E-state index in [4.69, 9.17) is 5.73 Å². The second-order valence-corrected chi connectivity index (χ2v) is 5.41. The first-order valence-electron chi connectivity index (χ1n) is 7.00. The van der Waals surface area contributed by atoms with Gasteiger partial charge in [0.25, 0.3) is 0 Å². The Morgan fingerprint density at radius 3 is 2.44 bits per heavy atom. The van der Waals surface area contributed by atoms with Gasteiger partial charge in [-0.1, -0.05) is 13.3 Å². The summed E-state index contributed by atoms with van der Waals surface area (Å²) >= 11 is 0. The Hall–Kier alpha value is -1.16. The molecule has 2 rings (SSSR count). The number of hydrogen-bond acceptors (Lipinski definition) is 4. The van der Waals surface area contributed by atoms with E-state index in [-0.39, 0.29) is 6.04 Å². The lowest BCUT2D eigenvalue weighted by molar-refractivity contribution is 0.392. The quantitative estimate of drug-likeness (QED) is 0.885. The summed E-state index contributed by atoms with van der Waals surface area (Å²) in [5, 5.41) is 0. The molecule has 4 nitrogen and oxygen atoms in total. The molecule has 1 aliphatic heterocycles. The van der Waals surface area contributed by atoms with Crippen LogP contribution in [0, 0.1) is 5.92 Å². The molecule has 1 aliphatic rings. The predicted octanol–water partition coefficient (Wildman–Crippen LogP) is 1.99. The highest BCUT2D eigenvalue weighted by Crippen LogP contribution is 2.22. The molecule has 0 amide bonds. The minimum Gasteiger partial charge on any atom is -0.341 e. The largest absolute Gasteiger partial charge is 0.341 e. The number of piperidine rings is 1. The maximum atomic E-state index is 5.77. The van der Waals surface area contributed by atoms with Gasteiger partial charge in [-0.2, -0.15) is 0 Å². The summed E-state index contributed by atoms with van der Waals surface area (Å²) in [5.41, 5.74) is 6.89. The highest BCUT2D eigenvalue weighted by molar-refractivity contribution is 5.30. The van der Waals surface area contributed by atoms with Gasteiger partial charge >= 0.3 is 0 Å². The topological polar surface area (TPSA) is 55.0 Å². The third-order valence-electron chi connectivity index (χ3n) is 3.72. The van der Waals surface area contributed by atoms with Gasteiger partial charge in [0.1, 0.15) is 0 Å². The smallest absolute Gasteiger partial charge is 0.225 e. The van der Waals surface area contributed by atoms with Crippen molar-refractivity contribution in [2.75, 3.05) is 18.0 Å². The zero-order valence-electron chi connectivity index (χ0n) is 11.5. The summed E-state index contributed by atoms with van der Waals surface area (Å²) in [7, 11) is 0. The van der Waals surface area contributed by atoms with Gasteiger partial charge in [-0.25, -0.2) is 9.97 Å². The molecule has 0 aromatic carbocycles. The molecule has 0 spiro atoms. The Kier molecular flexibility index (Phi) is 4.53. The number of anilines is 1. The van der Waals surface area contributed by atoms with Crippen molar-refractivity contribution in [3.8, 4) is 0 Å². The molecule has 18 heavy (non-hydrogen) atoms. The van der Waals surface area contributed by atoms with Gasteiger partial charge in [-0.05, 0) is 37.7 Å². The number of nitrogens with zero attached hydrogens (tertiary/aromatic N) is 3. The first-order valence-corrected chi connectivity index (χ1v) is 7.00. The molecule has 100 valence electrons. The van der Waals surface area contributed by atoms with Gasteiger partial charge in [0.15, 0.2) is 0 Å². The molecule has 0 bridgehead atoms. The molecule has 1 fully saturated rings. The molecule has 0 aliphatic carbocycles. The number of nitrogens with two attached hydrogens (primary N) is 1. The van der Waals surface area contributed by atoms with Crippen molar-refractivity contribution < 1.29 is 0 Å². The van der Waals surface area contributed by atoms with E-state index in [2.05, 4.69) is 21.8 Å². The Labute approximate surface area is 110 Å². The molecule has 1 saturated heterocycles. The molecule has 4 heteroatoms. The summed E-state index contributed by atoms with van der Waals surface area (Å²) in [6.07, 6.45) is 8.50. The minimum atomic E-state index is 0.166. The van der Waals surface area contributed by atoms with Crippen LogP contribution in [0.4, 0.5) is 5.95 Å². The first kappa shape index (κ1) is 13.3. The van der Waals surface area contributed by atoms with Crippen LogP contribution in [0.2, 0.25) is 0 Å². The van der Waals surface area contributed by atoms with Crippen molar-refractivity contribution in [1.29, 1.82) is 0 Å². The molecule has 1 aromatic heterocycles. The lowest BCUT2D eigenvalue weighted by Gasteiger charge is -2.31. The van der Waals surface area contributed by atoms with Gasteiger partial charge in [0, 0.05) is 31.5 Å². The molecular formula is C14H24N4. The molecule has 1 atom stereocenters. The van der Waals surface area contributed by atoms with E-state index in [0.717, 1.165) is 36.9 Å². The van der Waals surface area contributed by atoms with E-state index in [9.17, 15) is 0 Å². The van der Waals surface area contributed by atoms with Crippen molar-refractivity contribution in [1.82, 2.24) is 9.97 Å². The van der Waals surface area contributed by atoms with Crippen molar-refractivity contribution >= 4 is 5.95 Å². The maximum absolute atomic E-state index is 5.77. The maximum Gasteiger partial charge on any atom is 0.225 e. The average Bonchev–Trinajstić information content (AvgIpc) is 2.39. The highest BCUT2D eigenvalue weighted by Gasteiger charge is 2.19. The zero-order chi connectivity index (χ0) is 13.0. The minimum absolute atomic E-state index is 0.166. The predicted molar refractivity (Wildman–Crippen MR) is 74.6 cm³/mol. The standard InChI is InChI=1S/C14H24N4/c1-3-12-4-6-18(7-5-12)14-16-9-13(10-17-14)8-11(2)15/h9-12H,3-8,15H2,1-2H3. The van der Waals surface area contributed by atoms with E-state index in [1.165, 1.54) is 19.3 Å². The summed E-state index contributed by atoms with van der Waals surface area (Å²) in [6.45, 7) is 6.46. The molecular weight excluding hydrogens is 224 g/mol. The van der Waals surface area contributed by atoms with Crippen LogP contribution in [0.5, 0.6) is 0 Å². The SMILES string of the molecule is CCC1CCN(c2ncc(CC(C)N)cn2)CC1. The second-order valence-electron chi connectivity index (χ2n) is 5.41. The van der Waals surface area contributed by atoms with E-state index in [0.29, 0.717) is 0 Å². The van der Waals surface area contributed by atoms with Crippen molar-refractivity contribution in [3.05, 3.63) is 18.0 Å². The van der Waals surface area contributed by atoms with E-state index >= 15 is 0 Å². The van der Waals surface area contributed by atoms with Gasteiger partial charge in [-0.3, -0.25) is 0 Å². The van der Waals surface area contributed by atoms with Crippen molar-refractivity contribution in [2.45, 2.75) is 45.6 Å². The summed E-state index contributed by atoms with van der Waals surface area (Å²) in [6, 6.07) is 0.166. The van der Waals surface area contributed by atoms with Crippen LogP contribution in [0.3, 0.4) is 0 Å². The number of hydrogen-bond donors (Lipinski definition) is 1. The highest BCUT2D eigenvalue weighted by atomic mass is 15.2. The molecule has 1 aromatic rings.